The van der Waals surface area contributed by atoms with Crippen LogP contribution in [-0.4, -0.2) is 43.2 Å². The fraction of sp³-hybridized carbons (Fsp3) is 0.500. The number of para-hydroxylation sites is 1. The Labute approximate surface area is 115 Å². The maximum Gasteiger partial charge on any atom is 0.337 e. The number of hydrogen-bond acceptors (Lipinski definition) is 4. The number of ether oxygens (including phenoxy) is 2. The highest BCUT2D eigenvalue weighted by Gasteiger charge is 2.40. The molecule has 0 aromatic heterocycles. The van der Waals surface area contributed by atoms with Crippen LogP contribution in [0.1, 0.15) is 23.2 Å². The zero-order valence-electron chi connectivity index (χ0n) is 11.0. The fourth-order valence-electron chi connectivity index (χ4n) is 2.87. The van der Waals surface area contributed by atoms with Crippen LogP contribution in [0.2, 0.25) is 0 Å². The quantitative estimate of drug-likeness (QED) is 0.896. The largest absolute Gasteiger partial charge is 0.478 e. The summed E-state index contributed by atoms with van der Waals surface area (Å²) in [6.45, 7) is 2.20. The summed E-state index contributed by atoms with van der Waals surface area (Å²) in [7, 11) is 0. The van der Waals surface area contributed by atoms with Gasteiger partial charge in [0.1, 0.15) is 5.82 Å². The molecule has 3 rings (SSSR count). The van der Waals surface area contributed by atoms with Crippen molar-refractivity contribution in [3.8, 4) is 0 Å². The van der Waals surface area contributed by atoms with Gasteiger partial charge in [0.25, 0.3) is 0 Å². The van der Waals surface area contributed by atoms with Gasteiger partial charge in [-0.15, -0.1) is 0 Å². The Morgan fingerprint density at radius 1 is 1.25 bits per heavy atom. The van der Waals surface area contributed by atoms with E-state index in [0.717, 1.165) is 0 Å². The van der Waals surface area contributed by atoms with E-state index in [0.29, 0.717) is 39.1 Å². The molecular formula is C14H16FNO4. The Balaban J connectivity index is 1.83. The molecule has 0 saturated carbocycles. The van der Waals surface area contributed by atoms with Crippen molar-refractivity contribution in [1.82, 2.24) is 0 Å². The molecule has 0 radical (unpaired) electrons. The van der Waals surface area contributed by atoms with Crippen molar-refractivity contribution >= 4 is 11.7 Å². The highest BCUT2D eigenvalue weighted by molar-refractivity contribution is 5.94. The first-order valence-electron chi connectivity index (χ1n) is 6.66. The van der Waals surface area contributed by atoms with Crippen molar-refractivity contribution < 1.29 is 23.8 Å². The van der Waals surface area contributed by atoms with E-state index in [9.17, 15) is 14.3 Å². The van der Waals surface area contributed by atoms with E-state index in [1.165, 1.54) is 18.2 Å². The SMILES string of the molecule is O=C(O)c1cccc(F)c1N1CCC2(CC1)OCCO2. The van der Waals surface area contributed by atoms with E-state index in [2.05, 4.69) is 0 Å². The minimum Gasteiger partial charge on any atom is -0.478 e. The Bertz CT molecular complexity index is 518. The Morgan fingerprint density at radius 2 is 1.90 bits per heavy atom. The second kappa shape index (κ2) is 5.03. The number of benzene rings is 1. The second-order valence-electron chi connectivity index (χ2n) is 5.04. The molecule has 6 heteroatoms. The number of rotatable bonds is 2. The van der Waals surface area contributed by atoms with Crippen LogP contribution < -0.4 is 4.90 Å². The summed E-state index contributed by atoms with van der Waals surface area (Å²) in [6, 6.07) is 4.12. The number of hydrogen-bond donors (Lipinski definition) is 1. The van der Waals surface area contributed by atoms with Crippen molar-refractivity contribution in [2.45, 2.75) is 18.6 Å². The zero-order valence-corrected chi connectivity index (χ0v) is 11.0. The first-order chi connectivity index (χ1) is 9.61. The Kier molecular flexibility index (Phi) is 3.35. The Morgan fingerprint density at radius 3 is 2.50 bits per heavy atom. The van der Waals surface area contributed by atoms with Crippen molar-refractivity contribution in [3.05, 3.63) is 29.6 Å². The molecule has 0 atom stereocenters. The molecule has 20 heavy (non-hydrogen) atoms. The van der Waals surface area contributed by atoms with E-state index in [4.69, 9.17) is 9.47 Å². The van der Waals surface area contributed by atoms with Gasteiger partial charge in [0.2, 0.25) is 0 Å². The minimum absolute atomic E-state index is 0.00536. The standard InChI is InChI=1S/C14H16FNO4/c15-11-3-1-2-10(13(17)18)12(11)16-6-4-14(5-7-16)19-8-9-20-14/h1-3H,4-9H2,(H,17,18). The maximum absolute atomic E-state index is 14.0. The van der Waals surface area contributed by atoms with E-state index in [1.54, 1.807) is 4.90 Å². The Hall–Kier alpha value is -1.66. The fourth-order valence-corrected chi connectivity index (χ4v) is 2.87. The highest BCUT2D eigenvalue weighted by atomic mass is 19.1. The van der Waals surface area contributed by atoms with Crippen molar-refractivity contribution in [1.29, 1.82) is 0 Å². The molecule has 1 spiro atoms. The number of carboxylic acid groups (broad SMARTS) is 1. The van der Waals surface area contributed by atoms with Gasteiger partial charge in [-0.3, -0.25) is 0 Å². The molecular weight excluding hydrogens is 265 g/mol. The number of anilines is 1. The van der Waals surface area contributed by atoms with Gasteiger partial charge in [0, 0.05) is 25.9 Å². The van der Waals surface area contributed by atoms with Gasteiger partial charge >= 0.3 is 5.97 Å². The molecule has 2 aliphatic rings. The van der Waals surface area contributed by atoms with Gasteiger partial charge in [-0.05, 0) is 12.1 Å². The minimum atomic E-state index is -1.12. The number of piperidine rings is 1. The third kappa shape index (κ3) is 2.25. The predicted molar refractivity (Wildman–Crippen MR) is 69.4 cm³/mol. The number of carboxylic acids is 1. The number of carbonyl (C=O) groups is 1. The summed E-state index contributed by atoms with van der Waals surface area (Å²) in [6.07, 6.45) is 1.22. The van der Waals surface area contributed by atoms with Crippen LogP contribution in [0.25, 0.3) is 0 Å². The van der Waals surface area contributed by atoms with E-state index in [1.807, 2.05) is 0 Å². The molecule has 2 fully saturated rings. The van der Waals surface area contributed by atoms with Crippen LogP contribution in [-0.2, 0) is 9.47 Å². The van der Waals surface area contributed by atoms with Crippen LogP contribution >= 0.6 is 0 Å². The lowest BCUT2D eigenvalue weighted by molar-refractivity contribution is -0.169. The lowest BCUT2D eigenvalue weighted by atomic mass is 10.0. The van der Waals surface area contributed by atoms with Gasteiger partial charge < -0.3 is 19.5 Å². The van der Waals surface area contributed by atoms with Crippen molar-refractivity contribution in [2.24, 2.45) is 0 Å². The normalized spacial score (nSPS) is 21.4. The molecule has 0 amide bonds. The van der Waals surface area contributed by atoms with E-state index < -0.39 is 17.6 Å². The lowest BCUT2D eigenvalue weighted by Gasteiger charge is -2.39. The van der Waals surface area contributed by atoms with Crippen LogP contribution in [0.5, 0.6) is 0 Å². The highest BCUT2D eigenvalue weighted by Crippen LogP contribution is 2.35. The van der Waals surface area contributed by atoms with Crippen LogP contribution in [0.3, 0.4) is 0 Å². The molecule has 2 aliphatic heterocycles. The number of nitrogens with zero attached hydrogens (tertiary/aromatic N) is 1. The first-order valence-corrected chi connectivity index (χ1v) is 6.66. The average Bonchev–Trinajstić information content (AvgIpc) is 2.88. The molecule has 2 heterocycles. The summed E-state index contributed by atoms with van der Waals surface area (Å²) in [4.78, 5) is 13.0. The maximum atomic E-state index is 14.0. The third-order valence-corrected chi connectivity index (χ3v) is 3.87. The van der Waals surface area contributed by atoms with Crippen LogP contribution in [0.4, 0.5) is 10.1 Å². The topological polar surface area (TPSA) is 59.0 Å². The molecule has 108 valence electrons. The van der Waals surface area contributed by atoms with Crippen LogP contribution in [0, 0.1) is 5.82 Å². The molecule has 1 aromatic carbocycles. The number of aromatic carboxylic acids is 1. The zero-order chi connectivity index (χ0) is 14.2. The molecule has 1 N–H and O–H groups in total. The number of halogens is 1. The molecule has 0 bridgehead atoms. The lowest BCUT2D eigenvalue weighted by Crippen LogP contribution is -2.45. The predicted octanol–water partition coefficient (Wildman–Crippen LogP) is 1.87. The van der Waals surface area contributed by atoms with E-state index >= 15 is 0 Å². The third-order valence-electron chi connectivity index (χ3n) is 3.87. The van der Waals surface area contributed by atoms with Crippen molar-refractivity contribution in [3.63, 3.8) is 0 Å². The summed E-state index contributed by atoms with van der Waals surface area (Å²) in [5.74, 6) is -2.17. The molecule has 1 aromatic rings. The summed E-state index contributed by atoms with van der Waals surface area (Å²) >= 11 is 0. The first kappa shape index (κ1) is 13.3. The second-order valence-corrected chi connectivity index (χ2v) is 5.04. The average molecular weight is 281 g/mol. The summed E-state index contributed by atoms with van der Waals surface area (Å²) in [5, 5.41) is 9.18. The van der Waals surface area contributed by atoms with E-state index in [-0.39, 0.29) is 11.3 Å². The molecule has 2 saturated heterocycles. The monoisotopic (exact) mass is 281 g/mol. The van der Waals surface area contributed by atoms with Gasteiger partial charge in [-0.2, -0.15) is 0 Å². The van der Waals surface area contributed by atoms with Gasteiger partial charge in [0.05, 0.1) is 24.5 Å². The van der Waals surface area contributed by atoms with Gasteiger partial charge in [-0.1, -0.05) is 6.07 Å². The van der Waals surface area contributed by atoms with Crippen LogP contribution in [0.15, 0.2) is 18.2 Å². The van der Waals surface area contributed by atoms with Crippen molar-refractivity contribution in [2.75, 3.05) is 31.2 Å². The smallest absolute Gasteiger partial charge is 0.337 e. The molecule has 0 unspecified atom stereocenters. The molecule has 5 nitrogen and oxygen atoms in total. The van der Waals surface area contributed by atoms with Gasteiger partial charge in [0.15, 0.2) is 5.79 Å². The summed E-state index contributed by atoms with van der Waals surface area (Å²) < 4.78 is 25.2. The molecule has 0 aliphatic carbocycles. The summed E-state index contributed by atoms with van der Waals surface area (Å²) in [5.41, 5.74) is 0.155. The van der Waals surface area contributed by atoms with Gasteiger partial charge in [-0.25, -0.2) is 9.18 Å².